The minimum atomic E-state index is -0.814. The zero-order chi connectivity index (χ0) is 25.9. The number of carbonyl (C=O) groups is 2. The van der Waals surface area contributed by atoms with E-state index in [2.05, 4.69) is 5.32 Å². The predicted octanol–water partition coefficient (Wildman–Crippen LogP) is 4.86. The molecule has 5 rings (SSSR count). The molecule has 1 aliphatic carbocycles. The molecule has 1 saturated carbocycles. The maximum atomic E-state index is 13.9. The van der Waals surface area contributed by atoms with Gasteiger partial charge in [0.1, 0.15) is 11.6 Å². The van der Waals surface area contributed by atoms with Crippen LogP contribution in [0.1, 0.15) is 52.0 Å². The summed E-state index contributed by atoms with van der Waals surface area (Å²) in [5, 5.41) is 2.92. The van der Waals surface area contributed by atoms with Gasteiger partial charge in [0.05, 0.1) is 0 Å². The molecule has 0 bridgehead atoms. The molecule has 1 fully saturated rings. The summed E-state index contributed by atoms with van der Waals surface area (Å²) in [5.41, 5.74) is 7.63. The van der Waals surface area contributed by atoms with Crippen LogP contribution in [0.5, 0.6) is 11.5 Å². The van der Waals surface area contributed by atoms with Crippen molar-refractivity contribution in [1.82, 2.24) is 4.90 Å². The third-order valence-corrected chi connectivity index (χ3v) is 6.79. The first kappa shape index (κ1) is 24.7. The number of benzene rings is 3. The smallest absolute Gasteiger partial charge is 0.255 e. The van der Waals surface area contributed by atoms with Crippen molar-refractivity contribution in [2.24, 2.45) is 5.73 Å². The lowest BCUT2D eigenvalue weighted by Crippen LogP contribution is -2.44. The molecule has 37 heavy (non-hydrogen) atoms. The number of fused-ring (bicyclic) bond motifs is 1. The first-order chi connectivity index (χ1) is 17.9. The number of nitrogens with zero attached hydrogens (tertiary/aromatic N) is 1. The Kier molecular flexibility index (Phi) is 7.05. The minimum Gasteiger partial charge on any atom is -0.454 e. The molecule has 0 atom stereocenters. The van der Waals surface area contributed by atoms with E-state index in [1.165, 1.54) is 0 Å². The lowest BCUT2D eigenvalue weighted by molar-refractivity contribution is 0.0606. The standard InChI is InChI=1S/C28H27F2N3O4/c29-20-11-19(12-21(30)14-20)28(35)33(23-8-6-22(31)7-9-23)15-18-3-1-2-4-24(18)32-27(34)17-5-10-25-26(13-17)37-16-36-25/h1-5,10-14,22-23H,6-9,15-16,31H2,(H,32,34). The highest BCUT2D eigenvalue weighted by Gasteiger charge is 2.30. The number of carbonyl (C=O) groups excluding carboxylic acids is 2. The quantitative estimate of drug-likeness (QED) is 0.497. The molecule has 2 aliphatic rings. The summed E-state index contributed by atoms with van der Waals surface area (Å²) in [6.45, 7) is 0.253. The van der Waals surface area contributed by atoms with E-state index in [1.54, 1.807) is 35.2 Å². The van der Waals surface area contributed by atoms with E-state index in [0.29, 0.717) is 41.2 Å². The normalized spacial score (nSPS) is 18.4. The van der Waals surface area contributed by atoms with Crippen molar-refractivity contribution in [3.63, 3.8) is 0 Å². The van der Waals surface area contributed by atoms with Crippen molar-refractivity contribution in [3.05, 3.63) is 89.0 Å². The number of para-hydroxylation sites is 1. The topological polar surface area (TPSA) is 93.9 Å². The van der Waals surface area contributed by atoms with Crippen LogP contribution in [0.25, 0.3) is 0 Å². The van der Waals surface area contributed by atoms with Crippen molar-refractivity contribution in [3.8, 4) is 11.5 Å². The van der Waals surface area contributed by atoms with E-state index in [4.69, 9.17) is 15.2 Å². The van der Waals surface area contributed by atoms with Gasteiger partial charge in [0.2, 0.25) is 6.79 Å². The van der Waals surface area contributed by atoms with E-state index >= 15 is 0 Å². The highest BCUT2D eigenvalue weighted by atomic mass is 19.1. The number of hydrogen-bond acceptors (Lipinski definition) is 5. The molecule has 9 heteroatoms. The largest absolute Gasteiger partial charge is 0.454 e. The number of nitrogens with two attached hydrogens (primary N) is 1. The zero-order valence-electron chi connectivity index (χ0n) is 20.1. The van der Waals surface area contributed by atoms with Crippen molar-refractivity contribution in [2.75, 3.05) is 12.1 Å². The number of halogens is 2. The number of rotatable bonds is 6. The average molecular weight is 508 g/mol. The summed E-state index contributed by atoms with van der Waals surface area (Å²) in [6, 6.07) is 14.8. The Hall–Kier alpha value is -3.98. The van der Waals surface area contributed by atoms with Crippen LogP contribution in [0, 0.1) is 11.6 Å². The summed E-state index contributed by atoms with van der Waals surface area (Å²) in [5.74, 6) is -1.38. The molecule has 0 unspecified atom stereocenters. The highest BCUT2D eigenvalue weighted by Crippen LogP contribution is 2.33. The van der Waals surface area contributed by atoms with E-state index in [1.807, 2.05) is 12.1 Å². The van der Waals surface area contributed by atoms with Crippen molar-refractivity contribution < 1.29 is 27.8 Å². The lowest BCUT2D eigenvalue weighted by atomic mass is 9.90. The Balaban J connectivity index is 1.41. The number of ether oxygens (including phenoxy) is 2. The molecule has 3 aromatic rings. The van der Waals surface area contributed by atoms with Gasteiger partial charge in [-0.15, -0.1) is 0 Å². The molecule has 0 saturated heterocycles. The van der Waals surface area contributed by atoms with Crippen LogP contribution in [0.4, 0.5) is 14.5 Å². The van der Waals surface area contributed by atoms with Gasteiger partial charge in [-0.25, -0.2) is 8.78 Å². The SMILES string of the molecule is NC1CCC(N(Cc2ccccc2NC(=O)c2ccc3c(c2)OCO3)C(=O)c2cc(F)cc(F)c2)CC1. The number of anilines is 1. The average Bonchev–Trinajstić information content (AvgIpc) is 3.36. The van der Waals surface area contributed by atoms with E-state index in [-0.39, 0.29) is 36.9 Å². The molecule has 0 spiro atoms. The fraction of sp³-hybridized carbons (Fsp3) is 0.286. The molecule has 2 amide bonds. The van der Waals surface area contributed by atoms with E-state index in [0.717, 1.165) is 31.0 Å². The van der Waals surface area contributed by atoms with Gasteiger partial charge in [-0.3, -0.25) is 9.59 Å². The van der Waals surface area contributed by atoms with Gasteiger partial charge in [-0.05, 0) is 67.6 Å². The van der Waals surface area contributed by atoms with Gasteiger partial charge in [-0.1, -0.05) is 18.2 Å². The number of amides is 2. The van der Waals surface area contributed by atoms with E-state index < -0.39 is 17.5 Å². The van der Waals surface area contributed by atoms with Gasteiger partial charge in [-0.2, -0.15) is 0 Å². The third kappa shape index (κ3) is 5.56. The van der Waals surface area contributed by atoms with Gasteiger partial charge in [0, 0.05) is 41.5 Å². The van der Waals surface area contributed by atoms with Crippen molar-refractivity contribution >= 4 is 17.5 Å². The fourth-order valence-corrected chi connectivity index (χ4v) is 4.82. The summed E-state index contributed by atoms with van der Waals surface area (Å²) >= 11 is 0. The second kappa shape index (κ2) is 10.6. The Morgan fingerprint density at radius 3 is 2.35 bits per heavy atom. The van der Waals surface area contributed by atoms with Crippen LogP contribution in [0.15, 0.2) is 60.7 Å². The van der Waals surface area contributed by atoms with Crippen LogP contribution < -0.4 is 20.5 Å². The predicted molar refractivity (Wildman–Crippen MR) is 133 cm³/mol. The summed E-state index contributed by atoms with van der Waals surface area (Å²) in [4.78, 5) is 28.2. The molecule has 3 aromatic carbocycles. The summed E-state index contributed by atoms with van der Waals surface area (Å²) < 4.78 is 38.5. The molecule has 1 aliphatic heterocycles. The van der Waals surface area contributed by atoms with Crippen LogP contribution in [-0.4, -0.2) is 35.6 Å². The van der Waals surface area contributed by atoms with Gasteiger partial charge >= 0.3 is 0 Å². The molecule has 192 valence electrons. The molecule has 7 nitrogen and oxygen atoms in total. The van der Waals surface area contributed by atoms with Crippen molar-refractivity contribution in [1.29, 1.82) is 0 Å². The molecule has 0 radical (unpaired) electrons. The Morgan fingerprint density at radius 1 is 0.892 bits per heavy atom. The first-order valence-corrected chi connectivity index (χ1v) is 12.2. The Bertz CT molecular complexity index is 1300. The maximum absolute atomic E-state index is 13.9. The second-order valence-corrected chi connectivity index (χ2v) is 9.34. The molecular formula is C28H27F2N3O4. The molecule has 3 N–H and O–H groups in total. The van der Waals surface area contributed by atoms with Gasteiger partial charge in [0.25, 0.3) is 11.8 Å². The molecular weight excluding hydrogens is 480 g/mol. The van der Waals surface area contributed by atoms with E-state index in [9.17, 15) is 18.4 Å². The zero-order valence-corrected chi connectivity index (χ0v) is 20.1. The molecule has 0 aromatic heterocycles. The first-order valence-electron chi connectivity index (χ1n) is 12.2. The number of nitrogens with one attached hydrogen (secondary N) is 1. The maximum Gasteiger partial charge on any atom is 0.255 e. The second-order valence-electron chi connectivity index (χ2n) is 9.34. The minimum absolute atomic E-state index is 0.0609. The van der Waals surface area contributed by atoms with Crippen LogP contribution in [0.2, 0.25) is 0 Å². The summed E-state index contributed by atoms with van der Waals surface area (Å²) in [6.07, 6.45) is 2.84. The van der Waals surface area contributed by atoms with Crippen LogP contribution >= 0.6 is 0 Å². The Morgan fingerprint density at radius 2 is 1.59 bits per heavy atom. The van der Waals surface area contributed by atoms with Crippen LogP contribution in [0.3, 0.4) is 0 Å². The monoisotopic (exact) mass is 507 g/mol. The lowest BCUT2D eigenvalue weighted by Gasteiger charge is -2.36. The van der Waals surface area contributed by atoms with Crippen LogP contribution in [-0.2, 0) is 6.54 Å². The molecule has 1 heterocycles. The number of hydrogen-bond donors (Lipinski definition) is 2. The van der Waals surface area contributed by atoms with Gasteiger partial charge in [0.15, 0.2) is 11.5 Å². The van der Waals surface area contributed by atoms with Crippen molar-refractivity contribution in [2.45, 2.75) is 44.3 Å². The fourth-order valence-electron chi connectivity index (χ4n) is 4.82. The summed E-state index contributed by atoms with van der Waals surface area (Å²) in [7, 11) is 0. The third-order valence-electron chi connectivity index (χ3n) is 6.79. The van der Waals surface area contributed by atoms with Gasteiger partial charge < -0.3 is 25.4 Å². The highest BCUT2D eigenvalue weighted by molar-refractivity contribution is 6.05. The Labute approximate surface area is 213 Å².